The molecule has 0 radical (unpaired) electrons. The van der Waals surface area contributed by atoms with Crippen molar-refractivity contribution in [1.82, 2.24) is 19.1 Å². The van der Waals surface area contributed by atoms with E-state index in [0.717, 1.165) is 60.8 Å². The fourth-order valence-corrected chi connectivity index (χ4v) is 13.7. The number of aromatic nitrogens is 4. The summed E-state index contributed by atoms with van der Waals surface area (Å²) >= 11 is 0. The molecule has 0 unspecified atom stereocenters. The van der Waals surface area contributed by atoms with Gasteiger partial charge in [0, 0.05) is 44.3 Å². The third kappa shape index (κ3) is 5.63. The molecule has 0 bridgehead atoms. The summed E-state index contributed by atoms with van der Waals surface area (Å²) < 4.78 is 4.88. The molecule has 0 N–H and O–H groups in total. The zero-order chi connectivity index (χ0) is 50.0. The normalized spacial score (nSPS) is 14.3. The highest BCUT2D eigenvalue weighted by atomic mass is 15.1. The Hall–Kier alpha value is -10.1. The van der Waals surface area contributed by atoms with Gasteiger partial charge in [0.2, 0.25) is 0 Å². The van der Waals surface area contributed by atoms with Crippen molar-refractivity contribution in [3.05, 3.63) is 329 Å². The molecule has 16 rings (SSSR count). The van der Waals surface area contributed by atoms with E-state index in [1.54, 1.807) is 0 Å². The Bertz CT molecular complexity index is 4350. The Labute approximate surface area is 439 Å². The number of para-hydroxylation sites is 2. The van der Waals surface area contributed by atoms with Gasteiger partial charge in [-0.3, -0.25) is 9.13 Å². The molecular weight excluding hydrogens is 921 g/mol. The smallest absolute Gasteiger partial charge is 0.164 e. The number of hydrogen-bond donors (Lipinski definition) is 0. The summed E-state index contributed by atoms with van der Waals surface area (Å²) in [5, 5.41) is 4.62. The van der Waals surface area contributed by atoms with Crippen LogP contribution in [0.1, 0.15) is 50.3 Å². The molecule has 3 heterocycles. The first kappa shape index (κ1) is 42.4. The van der Waals surface area contributed by atoms with Crippen LogP contribution in [0.2, 0.25) is 0 Å². The predicted molar refractivity (Wildman–Crippen MR) is 309 cm³/mol. The van der Waals surface area contributed by atoms with E-state index in [1.807, 2.05) is 18.2 Å². The summed E-state index contributed by atoms with van der Waals surface area (Å²) in [5.74, 6) is 2.12. The van der Waals surface area contributed by atoms with Gasteiger partial charge < -0.3 is 0 Å². The molecule has 3 aliphatic rings. The molecule has 0 aliphatic heterocycles. The van der Waals surface area contributed by atoms with Crippen molar-refractivity contribution in [3.8, 4) is 33.9 Å². The van der Waals surface area contributed by atoms with Gasteiger partial charge in [0.25, 0.3) is 0 Å². The maximum Gasteiger partial charge on any atom is 0.164 e. The first-order valence-electron chi connectivity index (χ1n) is 26.1. The molecule has 0 fully saturated rings. The Kier molecular flexibility index (Phi) is 9.05. The predicted octanol–water partition coefficient (Wildman–Crippen LogP) is 16.7. The summed E-state index contributed by atoms with van der Waals surface area (Å²) in [6.07, 6.45) is 5.91. The van der Waals surface area contributed by atoms with E-state index in [2.05, 4.69) is 269 Å². The summed E-state index contributed by atoms with van der Waals surface area (Å²) in [6, 6.07) is 91.6. The van der Waals surface area contributed by atoms with Crippen molar-refractivity contribution >= 4 is 49.2 Å². The lowest BCUT2D eigenvalue weighted by molar-refractivity contribution is 0.770. The monoisotopic (exact) mass is 964 g/mol. The second-order valence-corrected chi connectivity index (χ2v) is 20.2. The third-order valence-corrected chi connectivity index (χ3v) is 16.6. The van der Waals surface area contributed by atoms with Crippen LogP contribution in [-0.4, -0.2) is 19.1 Å². The molecule has 3 aliphatic carbocycles. The van der Waals surface area contributed by atoms with Gasteiger partial charge in [-0.25, -0.2) is 9.97 Å². The Morgan fingerprint density at radius 1 is 0.342 bits per heavy atom. The van der Waals surface area contributed by atoms with Crippen molar-refractivity contribution in [2.75, 3.05) is 0 Å². The van der Waals surface area contributed by atoms with Crippen molar-refractivity contribution in [3.63, 3.8) is 0 Å². The molecule has 76 heavy (non-hydrogen) atoms. The average Bonchev–Trinajstić information content (AvgIpc) is 4.31. The number of allylic oxidation sites excluding steroid dienone is 4. The second kappa shape index (κ2) is 16.2. The fraction of sp³-hybridized carbons (Fsp3) is 0.0278. The molecule has 0 saturated heterocycles. The van der Waals surface area contributed by atoms with Crippen LogP contribution in [0.4, 0.5) is 0 Å². The molecule has 10 aromatic carbocycles. The van der Waals surface area contributed by atoms with E-state index in [4.69, 9.17) is 9.97 Å². The number of hydrogen-bond acceptors (Lipinski definition) is 2. The van der Waals surface area contributed by atoms with Gasteiger partial charge in [0.05, 0.1) is 32.9 Å². The van der Waals surface area contributed by atoms with Gasteiger partial charge in [0.15, 0.2) is 5.82 Å². The van der Waals surface area contributed by atoms with Crippen LogP contribution >= 0.6 is 0 Å². The van der Waals surface area contributed by atoms with Gasteiger partial charge in [0.1, 0.15) is 11.6 Å². The van der Waals surface area contributed by atoms with E-state index in [1.165, 1.54) is 66.8 Å². The number of fused-ring (bicyclic) bond motifs is 14. The SMILES string of the molecule is C1=C=CC(c2nc(-n3c4ccccc4c4ccc5c(c43)C(c3ccccc3)(c3ccccc3)c3ccccc3-5)cc(-n3c4ccccc4c4ccc5c(c43)C(c3ccccc3)(c3ccccc3)c3ccccc3-5)n2)=CC=1. The lowest BCUT2D eigenvalue weighted by atomic mass is 9.67. The van der Waals surface area contributed by atoms with E-state index < -0.39 is 10.8 Å². The molecule has 0 atom stereocenters. The summed E-state index contributed by atoms with van der Waals surface area (Å²) in [4.78, 5) is 11.4. The molecule has 0 saturated carbocycles. The quantitative estimate of drug-likeness (QED) is 0.149. The van der Waals surface area contributed by atoms with Gasteiger partial charge in [-0.2, -0.15) is 0 Å². The highest BCUT2D eigenvalue weighted by Crippen LogP contribution is 2.61. The maximum atomic E-state index is 5.72. The van der Waals surface area contributed by atoms with Gasteiger partial charge in [-0.15, -0.1) is 0 Å². The average molecular weight is 965 g/mol. The Balaban J connectivity index is 1.08. The van der Waals surface area contributed by atoms with E-state index in [9.17, 15) is 0 Å². The fourth-order valence-electron chi connectivity index (χ4n) is 13.7. The van der Waals surface area contributed by atoms with Crippen molar-refractivity contribution in [2.45, 2.75) is 10.8 Å². The third-order valence-electron chi connectivity index (χ3n) is 16.6. The number of nitrogens with zero attached hydrogens (tertiary/aromatic N) is 4. The molecular formula is C72H44N4. The molecule has 4 nitrogen and oxygen atoms in total. The van der Waals surface area contributed by atoms with Crippen LogP contribution in [-0.2, 0) is 10.8 Å². The molecule has 0 amide bonds. The summed E-state index contributed by atoms with van der Waals surface area (Å²) in [5.41, 5.74) is 24.9. The minimum Gasteiger partial charge on any atom is -0.293 e. The van der Waals surface area contributed by atoms with E-state index >= 15 is 0 Å². The minimum atomic E-state index is -0.677. The van der Waals surface area contributed by atoms with Gasteiger partial charge in [-0.05, 0) is 86.0 Å². The van der Waals surface area contributed by atoms with Crippen molar-refractivity contribution in [1.29, 1.82) is 0 Å². The summed E-state index contributed by atoms with van der Waals surface area (Å²) in [6.45, 7) is 0. The van der Waals surface area contributed by atoms with Crippen LogP contribution in [0.15, 0.2) is 278 Å². The van der Waals surface area contributed by atoms with Crippen molar-refractivity contribution in [2.24, 2.45) is 0 Å². The standard InChI is InChI=1S/C72H44N4/c1-6-24-47(25-7-1)70-73-64(75-62-40-22-18-36-54(62)58-44-42-56-52-34-16-20-38-60(52)71(66(56)68(58)75,48-26-8-2-9-27-48)49-28-10-3-11-29-49)46-65(74-70)76-63-41-23-19-37-55(63)59-45-43-57-53-35-17-21-39-61(53)72(67(57)69(59)76,50-30-12-4-13-31-50)51-32-14-5-15-33-51/h2-6,8-46H. The molecule has 4 heteroatoms. The van der Waals surface area contributed by atoms with Crippen LogP contribution in [0.5, 0.6) is 0 Å². The zero-order valence-corrected chi connectivity index (χ0v) is 41.2. The highest BCUT2D eigenvalue weighted by Gasteiger charge is 2.50. The lowest BCUT2D eigenvalue weighted by Crippen LogP contribution is -2.29. The molecule has 13 aromatic rings. The Morgan fingerprint density at radius 2 is 0.737 bits per heavy atom. The van der Waals surface area contributed by atoms with Crippen LogP contribution < -0.4 is 0 Å². The highest BCUT2D eigenvalue weighted by molar-refractivity contribution is 6.15. The van der Waals surface area contributed by atoms with Crippen LogP contribution in [0.3, 0.4) is 0 Å². The second-order valence-electron chi connectivity index (χ2n) is 20.2. The molecule has 0 spiro atoms. The number of rotatable bonds is 7. The first-order valence-corrected chi connectivity index (χ1v) is 26.1. The number of benzene rings is 10. The maximum absolute atomic E-state index is 5.72. The zero-order valence-electron chi connectivity index (χ0n) is 41.2. The lowest BCUT2D eigenvalue weighted by Gasteiger charge is -2.34. The van der Waals surface area contributed by atoms with E-state index in [0.29, 0.717) is 5.82 Å². The van der Waals surface area contributed by atoms with Crippen LogP contribution in [0.25, 0.3) is 83.1 Å². The van der Waals surface area contributed by atoms with Gasteiger partial charge in [-0.1, -0.05) is 242 Å². The molecule has 352 valence electrons. The minimum absolute atomic E-state index is 0.594. The molecule has 3 aromatic heterocycles. The topological polar surface area (TPSA) is 35.6 Å². The first-order chi connectivity index (χ1) is 37.7. The van der Waals surface area contributed by atoms with E-state index in [-0.39, 0.29) is 0 Å². The van der Waals surface area contributed by atoms with Crippen molar-refractivity contribution < 1.29 is 0 Å². The summed E-state index contributed by atoms with van der Waals surface area (Å²) in [7, 11) is 0. The Morgan fingerprint density at radius 3 is 1.16 bits per heavy atom. The van der Waals surface area contributed by atoms with Crippen LogP contribution in [0, 0.1) is 0 Å². The van der Waals surface area contributed by atoms with Gasteiger partial charge >= 0.3 is 0 Å². The largest absolute Gasteiger partial charge is 0.293 e.